The van der Waals surface area contributed by atoms with Gasteiger partial charge in [-0.05, 0) is 12.8 Å². The Labute approximate surface area is 188 Å². The van der Waals surface area contributed by atoms with Crippen molar-refractivity contribution in [1.29, 1.82) is 0 Å². The third-order valence-electron chi connectivity index (χ3n) is 5.77. The standard InChI is InChI=1S/C20H26N8O5/c1-25-18-17(19(31)26(2)20(25)32)27(12-21-18)10-16(30)33-11-14-9-28(24-23-14)8-7-15(29)22-13-5-3-4-6-13/h9,12-13H,3-8,10-11H2,1-2H3,(H,22,29). The number of nitrogens with zero attached hydrogens (tertiary/aromatic N) is 7. The van der Waals surface area contributed by atoms with E-state index >= 15 is 0 Å². The lowest BCUT2D eigenvalue weighted by Crippen LogP contribution is -2.37. The highest BCUT2D eigenvalue weighted by Crippen LogP contribution is 2.17. The molecule has 13 heteroatoms. The summed E-state index contributed by atoms with van der Waals surface area (Å²) in [6, 6.07) is 0.279. The number of hydrogen-bond donors (Lipinski definition) is 1. The van der Waals surface area contributed by atoms with Gasteiger partial charge in [0.15, 0.2) is 11.2 Å². The summed E-state index contributed by atoms with van der Waals surface area (Å²) in [6.07, 6.45) is 7.61. The monoisotopic (exact) mass is 458 g/mol. The molecule has 3 aromatic rings. The molecule has 1 amide bonds. The summed E-state index contributed by atoms with van der Waals surface area (Å²) in [7, 11) is 2.86. The molecule has 0 aromatic carbocycles. The van der Waals surface area contributed by atoms with E-state index in [1.165, 1.54) is 34.2 Å². The maximum Gasteiger partial charge on any atom is 0.332 e. The molecule has 1 aliphatic rings. The average Bonchev–Trinajstić information content (AvgIpc) is 3.55. The Balaban J connectivity index is 1.30. The van der Waals surface area contributed by atoms with E-state index in [-0.39, 0.29) is 36.3 Å². The summed E-state index contributed by atoms with van der Waals surface area (Å²) in [6.45, 7) is 0.0260. The first-order valence-corrected chi connectivity index (χ1v) is 10.8. The van der Waals surface area contributed by atoms with Crippen molar-refractivity contribution in [3.8, 4) is 0 Å². The lowest BCUT2D eigenvalue weighted by molar-refractivity contribution is -0.145. The third kappa shape index (κ3) is 4.86. The maximum absolute atomic E-state index is 12.4. The van der Waals surface area contributed by atoms with Gasteiger partial charge in [0, 0.05) is 26.6 Å². The van der Waals surface area contributed by atoms with Crippen molar-refractivity contribution >= 4 is 23.0 Å². The average molecular weight is 458 g/mol. The predicted octanol–water partition coefficient (Wildman–Crippen LogP) is -0.782. The van der Waals surface area contributed by atoms with Crippen LogP contribution in [0, 0.1) is 0 Å². The van der Waals surface area contributed by atoms with Crippen LogP contribution in [0.15, 0.2) is 22.1 Å². The Kier molecular flexibility index (Phi) is 6.38. The summed E-state index contributed by atoms with van der Waals surface area (Å²) >= 11 is 0. The Morgan fingerprint density at radius 3 is 2.70 bits per heavy atom. The van der Waals surface area contributed by atoms with Gasteiger partial charge in [-0.1, -0.05) is 18.1 Å². The molecule has 0 radical (unpaired) electrons. The van der Waals surface area contributed by atoms with Crippen LogP contribution in [-0.4, -0.2) is 51.6 Å². The molecular weight excluding hydrogens is 432 g/mol. The Morgan fingerprint density at radius 1 is 1.18 bits per heavy atom. The molecule has 0 unspecified atom stereocenters. The Bertz CT molecular complexity index is 1290. The summed E-state index contributed by atoms with van der Waals surface area (Å²) in [5.41, 5.74) is -0.278. The number of carbonyl (C=O) groups is 2. The zero-order chi connectivity index (χ0) is 23.5. The first-order valence-electron chi connectivity index (χ1n) is 10.8. The van der Waals surface area contributed by atoms with E-state index in [4.69, 9.17) is 4.74 Å². The molecule has 0 saturated heterocycles. The fourth-order valence-electron chi connectivity index (χ4n) is 3.96. The molecule has 3 heterocycles. The van der Waals surface area contributed by atoms with Crippen LogP contribution >= 0.6 is 0 Å². The zero-order valence-corrected chi connectivity index (χ0v) is 18.6. The Morgan fingerprint density at radius 2 is 1.94 bits per heavy atom. The number of fused-ring (bicyclic) bond motifs is 1. The van der Waals surface area contributed by atoms with Gasteiger partial charge in [0.1, 0.15) is 18.8 Å². The molecule has 0 spiro atoms. The highest BCUT2D eigenvalue weighted by molar-refractivity contribution is 5.76. The molecule has 33 heavy (non-hydrogen) atoms. The quantitative estimate of drug-likeness (QED) is 0.432. The van der Waals surface area contributed by atoms with Crippen molar-refractivity contribution in [2.24, 2.45) is 14.1 Å². The number of nitrogens with one attached hydrogen (secondary N) is 1. The van der Waals surface area contributed by atoms with Crippen molar-refractivity contribution in [2.45, 2.75) is 57.8 Å². The third-order valence-corrected chi connectivity index (χ3v) is 5.77. The van der Waals surface area contributed by atoms with Gasteiger partial charge < -0.3 is 14.6 Å². The first kappa shape index (κ1) is 22.4. The molecule has 1 fully saturated rings. The molecule has 0 bridgehead atoms. The van der Waals surface area contributed by atoms with Gasteiger partial charge in [0.2, 0.25) is 5.91 Å². The fourth-order valence-corrected chi connectivity index (χ4v) is 3.96. The van der Waals surface area contributed by atoms with Crippen molar-refractivity contribution in [3.63, 3.8) is 0 Å². The summed E-state index contributed by atoms with van der Waals surface area (Å²) in [5, 5.41) is 10.9. The summed E-state index contributed by atoms with van der Waals surface area (Å²) < 4.78 is 10.3. The predicted molar refractivity (Wildman–Crippen MR) is 115 cm³/mol. The van der Waals surface area contributed by atoms with Crippen LogP contribution in [0.4, 0.5) is 0 Å². The number of esters is 1. The highest BCUT2D eigenvalue weighted by Gasteiger charge is 2.18. The molecule has 176 valence electrons. The second-order valence-corrected chi connectivity index (χ2v) is 8.18. The molecule has 1 N–H and O–H groups in total. The minimum absolute atomic E-state index is 0.0124. The number of hydrogen-bond acceptors (Lipinski definition) is 8. The van der Waals surface area contributed by atoms with Gasteiger partial charge in [0.05, 0.1) is 19.1 Å². The molecule has 4 rings (SSSR count). The van der Waals surface area contributed by atoms with Crippen molar-refractivity contribution in [3.05, 3.63) is 39.1 Å². The van der Waals surface area contributed by atoms with Crippen LogP contribution in [0.3, 0.4) is 0 Å². The largest absolute Gasteiger partial charge is 0.458 e. The maximum atomic E-state index is 12.4. The van der Waals surface area contributed by atoms with Gasteiger partial charge in [-0.3, -0.25) is 28.2 Å². The van der Waals surface area contributed by atoms with Crippen LogP contribution in [0.5, 0.6) is 0 Å². The molecule has 1 aliphatic carbocycles. The van der Waals surface area contributed by atoms with E-state index < -0.39 is 17.2 Å². The van der Waals surface area contributed by atoms with Crippen LogP contribution in [-0.2, 0) is 48.1 Å². The van der Waals surface area contributed by atoms with Crippen molar-refractivity contribution in [1.82, 2.24) is 39.0 Å². The number of carbonyl (C=O) groups excluding carboxylic acids is 2. The smallest absolute Gasteiger partial charge is 0.332 e. The van der Waals surface area contributed by atoms with E-state index in [0.29, 0.717) is 18.7 Å². The van der Waals surface area contributed by atoms with Crippen molar-refractivity contribution in [2.75, 3.05) is 0 Å². The first-order chi connectivity index (χ1) is 15.8. The lowest BCUT2D eigenvalue weighted by atomic mass is 10.2. The molecule has 1 saturated carbocycles. The van der Waals surface area contributed by atoms with E-state index in [0.717, 1.165) is 30.3 Å². The zero-order valence-electron chi connectivity index (χ0n) is 18.6. The van der Waals surface area contributed by atoms with Crippen molar-refractivity contribution < 1.29 is 14.3 Å². The second-order valence-electron chi connectivity index (χ2n) is 8.18. The summed E-state index contributed by atoms with van der Waals surface area (Å²) in [5.74, 6) is -0.614. The Hall–Kier alpha value is -3.77. The van der Waals surface area contributed by atoms with Gasteiger partial charge >= 0.3 is 11.7 Å². The second kappa shape index (κ2) is 9.38. The minimum atomic E-state index is -0.601. The fraction of sp³-hybridized carbons (Fsp3) is 0.550. The number of rotatable bonds is 8. The van der Waals surface area contributed by atoms with Crippen LogP contribution < -0.4 is 16.6 Å². The lowest BCUT2D eigenvalue weighted by Gasteiger charge is -2.11. The molecular formula is C20H26N8O5. The number of amides is 1. The molecule has 13 nitrogen and oxygen atoms in total. The molecule has 3 aromatic heterocycles. The summed E-state index contributed by atoms with van der Waals surface area (Å²) in [4.78, 5) is 52.9. The van der Waals surface area contributed by atoms with Crippen LogP contribution in [0.1, 0.15) is 37.8 Å². The van der Waals surface area contributed by atoms with E-state index in [1.54, 1.807) is 6.20 Å². The number of imidazole rings is 1. The number of aryl methyl sites for hydroxylation is 2. The van der Waals surface area contributed by atoms with Crippen LogP contribution in [0.2, 0.25) is 0 Å². The van der Waals surface area contributed by atoms with E-state index in [2.05, 4.69) is 20.6 Å². The van der Waals surface area contributed by atoms with Gasteiger partial charge in [-0.25, -0.2) is 9.78 Å². The molecule has 0 atom stereocenters. The SMILES string of the molecule is Cn1c(=O)c2c(ncn2CC(=O)OCc2cn(CCC(=O)NC3CCCC3)nn2)n(C)c1=O. The van der Waals surface area contributed by atoms with Gasteiger partial charge in [-0.2, -0.15) is 0 Å². The topological polar surface area (TPSA) is 148 Å². The van der Waals surface area contributed by atoms with Gasteiger partial charge in [0.25, 0.3) is 5.56 Å². The highest BCUT2D eigenvalue weighted by atomic mass is 16.5. The van der Waals surface area contributed by atoms with Gasteiger partial charge in [-0.15, -0.1) is 5.10 Å². The van der Waals surface area contributed by atoms with E-state index in [1.807, 2.05) is 0 Å². The van der Waals surface area contributed by atoms with E-state index in [9.17, 15) is 19.2 Å². The number of ether oxygens (including phenoxy) is 1. The number of aromatic nitrogens is 7. The normalized spacial score (nSPS) is 14.1. The van der Waals surface area contributed by atoms with Crippen LogP contribution in [0.25, 0.3) is 11.2 Å². The molecule has 0 aliphatic heterocycles. The minimum Gasteiger partial charge on any atom is -0.458 e.